The molecule has 8 rings (SSSR count). The average molecular weight is 376 g/mol. The predicted molar refractivity (Wildman–Crippen MR) is 97.3 cm³/mol. The van der Waals surface area contributed by atoms with Crippen molar-refractivity contribution in [1.82, 2.24) is 50.0 Å². The molecule has 0 radical (unpaired) electrons. The van der Waals surface area contributed by atoms with Gasteiger partial charge in [0.1, 0.15) is 6.33 Å². The Hall–Kier alpha value is -2.91. The highest BCUT2D eigenvalue weighted by Gasteiger charge is 2.61. The molecule has 4 aliphatic carbocycles. The molecule has 4 fully saturated rings. The quantitative estimate of drug-likeness (QED) is 0.564. The number of hydrogen-bond donors (Lipinski definition) is 1. The molecule has 2 atom stereocenters. The standard InChI is InChI=1S/C18H20N10/c1-10-22-26-28(24-10)18-5-11-2-12(6-18)4-17(3-11,8-18)16-21-15-13-7-20-23-14(13)19-9-27(15)25-16/h7,9,11-12H,2-6,8H2,1H3,(H,20,23)/t11-,12-,17?,18?/m0/s1. The van der Waals surface area contributed by atoms with Gasteiger partial charge in [0.15, 0.2) is 22.9 Å². The minimum absolute atomic E-state index is 0.0201. The van der Waals surface area contributed by atoms with E-state index in [9.17, 15) is 0 Å². The van der Waals surface area contributed by atoms with Crippen molar-refractivity contribution in [2.75, 3.05) is 0 Å². The fourth-order valence-corrected chi connectivity index (χ4v) is 6.66. The van der Waals surface area contributed by atoms with Crippen LogP contribution in [-0.4, -0.2) is 50.0 Å². The summed E-state index contributed by atoms with van der Waals surface area (Å²) < 4.78 is 1.80. The number of nitrogens with one attached hydrogen (secondary N) is 1. The van der Waals surface area contributed by atoms with Crippen molar-refractivity contribution < 1.29 is 0 Å². The van der Waals surface area contributed by atoms with E-state index in [-0.39, 0.29) is 11.0 Å². The largest absolute Gasteiger partial charge is 0.261 e. The monoisotopic (exact) mass is 376 g/mol. The number of fused-ring (bicyclic) bond motifs is 3. The molecule has 4 aliphatic rings. The topological polar surface area (TPSA) is 115 Å². The Morgan fingerprint density at radius 2 is 2.00 bits per heavy atom. The average Bonchev–Trinajstić information content (AvgIpc) is 3.38. The predicted octanol–water partition coefficient (Wildman–Crippen LogP) is 1.54. The van der Waals surface area contributed by atoms with Gasteiger partial charge < -0.3 is 0 Å². The second-order valence-electron chi connectivity index (χ2n) is 9.17. The van der Waals surface area contributed by atoms with Gasteiger partial charge in [0.25, 0.3) is 0 Å². The van der Waals surface area contributed by atoms with Crippen LogP contribution in [0, 0.1) is 18.8 Å². The summed E-state index contributed by atoms with van der Waals surface area (Å²) in [4.78, 5) is 11.3. The van der Waals surface area contributed by atoms with E-state index in [2.05, 4.69) is 30.6 Å². The number of aromatic amines is 1. The van der Waals surface area contributed by atoms with E-state index in [0.29, 0.717) is 11.8 Å². The maximum Gasteiger partial charge on any atom is 0.171 e. The molecular formula is C18H20N10. The molecule has 4 heterocycles. The Kier molecular flexibility index (Phi) is 2.55. The lowest BCUT2D eigenvalue weighted by Crippen LogP contribution is -2.59. The van der Waals surface area contributed by atoms with Gasteiger partial charge in [-0.1, -0.05) is 0 Å². The van der Waals surface area contributed by atoms with Gasteiger partial charge >= 0.3 is 0 Å². The van der Waals surface area contributed by atoms with Gasteiger partial charge in [0.2, 0.25) is 0 Å². The summed E-state index contributed by atoms with van der Waals surface area (Å²) in [6.45, 7) is 1.91. The van der Waals surface area contributed by atoms with Crippen molar-refractivity contribution in [3.63, 3.8) is 0 Å². The number of hydrogen-bond acceptors (Lipinski definition) is 7. The number of aromatic nitrogens is 10. The molecule has 0 amide bonds. The van der Waals surface area contributed by atoms with Crippen LogP contribution in [-0.2, 0) is 11.0 Å². The molecule has 4 aromatic heterocycles. The van der Waals surface area contributed by atoms with E-state index in [4.69, 9.17) is 10.1 Å². The zero-order chi connectivity index (χ0) is 18.5. The fraction of sp³-hybridized carbons (Fsp3) is 0.611. The highest BCUT2D eigenvalue weighted by Crippen LogP contribution is 2.64. The molecular weight excluding hydrogens is 356 g/mol. The number of nitrogens with zero attached hydrogens (tertiary/aromatic N) is 9. The van der Waals surface area contributed by atoms with E-state index in [1.54, 1.807) is 17.0 Å². The van der Waals surface area contributed by atoms with Gasteiger partial charge in [-0.3, -0.25) is 5.10 Å². The molecule has 142 valence electrons. The first-order valence-corrected chi connectivity index (χ1v) is 9.95. The van der Waals surface area contributed by atoms with Crippen LogP contribution < -0.4 is 0 Å². The van der Waals surface area contributed by atoms with Crippen molar-refractivity contribution in [2.45, 2.75) is 56.4 Å². The van der Waals surface area contributed by atoms with Crippen LogP contribution in [0.1, 0.15) is 50.2 Å². The van der Waals surface area contributed by atoms with Crippen LogP contribution in [0.4, 0.5) is 0 Å². The van der Waals surface area contributed by atoms with Crippen molar-refractivity contribution >= 4 is 16.7 Å². The summed E-state index contributed by atoms with van der Waals surface area (Å²) in [6.07, 6.45) is 10.4. The smallest absolute Gasteiger partial charge is 0.171 e. The van der Waals surface area contributed by atoms with E-state index in [1.165, 1.54) is 6.42 Å². The normalized spacial score (nSPS) is 34.0. The second-order valence-corrected chi connectivity index (χ2v) is 9.17. The van der Waals surface area contributed by atoms with Gasteiger partial charge in [-0.05, 0) is 62.5 Å². The van der Waals surface area contributed by atoms with Gasteiger partial charge in [-0.2, -0.15) is 9.90 Å². The molecule has 0 unspecified atom stereocenters. The van der Waals surface area contributed by atoms with E-state index >= 15 is 0 Å². The highest BCUT2D eigenvalue weighted by atomic mass is 15.6. The molecule has 10 nitrogen and oxygen atoms in total. The zero-order valence-corrected chi connectivity index (χ0v) is 15.6. The Morgan fingerprint density at radius 1 is 1.14 bits per heavy atom. The van der Waals surface area contributed by atoms with Crippen LogP contribution in [0.25, 0.3) is 16.7 Å². The first-order chi connectivity index (χ1) is 13.6. The molecule has 4 aromatic rings. The van der Waals surface area contributed by atoms with Crippen LogP contribution in [0.5, 0.6) is 0 Å². The van der Waals surface area contributed by atoms with E-state index in [0.717, 1.165) is 60.4 Å². The van der Waals surface area contributed by atoms with Gasteiger partial charge in [0.05, 0.1) is 17.1 Å². The van der Waals surface area contributed by atoms with Crippen molar-refractivity contribution in [1.29, 1.82) is 0 Å². The second kappa shape index (κ2) is 4.73. The number of H-pyrrole nitrogens is 1. The molecule has 10 heteroatoms. The Morgan fingerprint density at radius 3 is 2.79 bits per heavy atom. The lowest BCUT2D eigenvalue weighted by Gasteiger charge is -2.60. The van der Waals surface area contributed by atoms with Crippen LogP contribution in [0.2, 0.25) is 0 Å². The van der Waals surface area contributed by atoms with Crippen molar-refractivity contribution in [3.8, 4) is 0 Å². The number of rotatable bonds is 2. The van der Waals surface area contributed by atoms with Gasteiger partial charge in [-0.15, -0.1) is 15.3 Å². The van der Waals surface area contributed by atoms with Crippen molar-refractivity contribution in [3.05, 3.63) is 24.2 Å². The summed E-state index contributed by atoms with van der Waals surface area (Å²) in [7, 11) is 0. The third kappa shape index (κ3) is 1.80. The van der Waals surface area contributed by atoms with E-state index < -0.39 is 0 Å². The molecule has 4 bridgehead atoms. The summed E-state index contributed by atoms with van der Waals surface area (Å²) in [5, 5.41) is 26.0. The maximum absolute atomic E-state index is 5.02. The Balaban J connectivity index is 1.40. The highest BCUT2D eigenvalue weighted by molar-refractivity contribution is 5.87. The first-order valence-electron chi connectivity index (χ1n) is 9.95. The molecule has 0 spiro atoms. The van der Waals surface area contributed by atoms with Crippen LogP contribution in [0.3, 0.4) is 0 Å². The summed E-state index contributed by atoms with van der Waals surface area (Å²) in [5.41, 5.74) is 1.50. The van der Waals surface area contributed by atoms with E-state index in [1.807, 2.05) is 11.7 Å². The third-order valence-electron chi connectivity index (χ3n) is 7.23. The van der Waals surface area contributed by atoms with Crippen LogP contribution in [0.15, 0.2) is 12.5 Å². The minimum atomic E-state index is -0.0496. The minimum Gasteiger partial charge on any atom is -0.261 e. The lowest BCUT2D eigenvalue weighted by molar-refractivity contribution is -0.0785. The SMILES string of the molecule is Cc1nnn(C23C[C@H]4C[C@@H](CC(c5nc6c7cn[nH]c7ncn6n5)(C4)C2)C3)n1. The molecule has 28 heavy (non-hydrogen) atoms. The van der Waals surface area contributed by atoms with Crippen molar-refractivity contribution in [2.24, 2.45) is 11.8 Å². The summed E-state index contributed by atoms with van der Waals surface area (Å²) in [5.74, 6) is 3.03. The molecule has 1 N–H and O–H groups in total. The van der Waals surface area contributed by atoms with Gasteiger partial charge in [0, 0.05) is 5.41 Å². The number of aryl methyl sites for hydroxylation is 1. The summed E-state index contributed by atoms with van der Waals surface area (Å²) in [6, 6.07) is 0. The molecule has 0 aliphatic heterocycles. The Bertz CT molecular complexity index is 1220. The third-order valence-corrected chi connectivity index (χ3v) is 7.23. The molecule has 4 saturated carbocycles. The number of tetrazole rings is 1. The molecule has 0 saturated heterocycles. The fourth-order valence-electron chi connectivity index (χ4n) is 6.66. The lowest BCUT2D eigenvalue weighted by atomic mass is 9.46. The molecule has 0 aromatic carbocycles. The zero-order valence-electron chi connectivity index (χ0n) is 15.6. The maximum atomic E-state index is 5.02. The van der Waals surface area contributed by atoms with Gasteiger partial charge in [-0.25, -0.2) is 14.5 Å². The Labute approximate surface area is 159 Å². The summed E-state index contributed by atoms with van der Waals surface area (Å²) >= 11 is 0. The first kappa shape index (κ1) is 15.1. The van der Waals surface area contributed by atoms with Crippen LogP contribution >= 0.6 is 0 Å².